The van der Waals surface area contributed by atoms with Crippen molar-refractivity contribution < 1.29 is 19.0 Å². The van der Waals surface area contributed by atoms with Crippen molar-refractivity contribution in [3.05, 3.63) is 65.7 Å². The van der Waals surface area contributed by atoms with Crippen molar-refractivity contribution in [1.82, 2.24) is 0 Å². The zero-order valence-electron chi connectivity index (χ0n) is 12.0. The predicted octanol–water partition coefficient (Wildman–Crippen LogP) is 3.33. The minimum Gasteiger partial charge on any atom is -0.486 e. The summed E-state index contributed by atoms with van der Waals surface area (Å²) in [6, 6.07) is 15.0. The zero-order chi connectivity index (χ0) is 15.2. The summed E-state index contributed by atoms with van der Waals surface area (Å²) in [5.41, 5.74) is 1.46. The second-order valence-electron chi connectivity index (χ2n) is 4.74. The Balaban J connectivity index is 1.62. The molecule has 0 unspecified atom stereocenters. The highest BCUT2D eigenvalue weighted by Gasteiger charge is 2.20. The Labute approximate surface area is 128 Å². The first-order valence-electron chi connectivity index (χ1n) is 7.12. The number of hydrogen-bond donors (Lipinski definition) is 0. The van der Waals surface area contributed by atoms with E-state index in [-0.39, 0.29) is 6.61 Å². The van der Waals surface area contributed by atoms with Crippen LogP contribution in [-0.2, 0) is 4.74 Å². The first-order valence-corrected chi connectivity index (χ1v) is 7.12. The van der Waals surface area contributed by atoms with E-state index in [1.54, 1.807) is 24.3 Å². The van der Waals surface area contributed by atoms with Gasteiger partial charge in [-0.1, -0.05) is 42.5 Å². The number of ether oxygens (including phenoxy) is 3. The number of benzene rings is 2. The molecular formula is C18H16O4. The van der Waals surface area contributed by atoms with Gasteiger partial charge in [0.25, 0.3) is 0 Å². The van der Waals surface area contributed by atoms with Gasteiger partial charge in [-0.05, 0) is 23.8 Å². The summed E-state index contributed by atoms with van der Waals surface area (Å²) in [4.78, 5) is 12.1. The molecule has 2 aromatic carbocycles. The van der Waals surface area contributed by atoms with Gasteiger partial charge in [-0.3, -0.25) is 0 Å². The van der Waals surface area contributed by atoms with Crippen molar-refractivity contribution >= 4 is 12.0 Å². The van der Waals surface area contributed by atoms with Crippen molar-refractivity contribution in [2.75, 3.05) is 19.8 Å². The number of hydrogen-bond acceptors (Lipinski definition) is 4. The van der Waals surface area contributed by atoms with Gasteiger partial charge in [0.1, 0.15) is 25.4 Å². The van der Waals surface area contributed by atoms with Gasteiger partial charge in [0.05, 0.1) is 0 Å². The van der Waals surface area contributed by atoms with E-state index in [4.69, 9.17) is 14.2 Å². The van der Waals surface area contributed by atoms with Gasteiger partial charge in [-0.15, -0.1) is 0 Å². The van der Waals surface area contributed by atoms with E-state index in [0.717, 1.165) is 5.56 Å². The molecule has 3 rings (SSSR count). The van der Waals surface area contributed by atoms with Crippen LogP contribution in [0.1, 0.15) is 15.9 Å². The molecule has 0 amide bonds. The molecule has 0 radical (unpaired) electrons. The van der Waals surface area contributed by atoms with Gasteiger partial charge in [0.2, 0.25) is 0 Å². The summed E-state index contributed by atoms with van der Waals surface area (Å²) in [5, 5.41) is 0. The molecule has 4 nitrogen and oxygen atoms in total. The van der Waals surface area contributed by atoms with E-state index < -0.39 is 5.97 Å². The standard InChI is InChI=1S/C18H16O4/c19-18(22-11-5-8-14-6-2-1-3-7-14)15-9-4-10-16-17(15)21-13-12-20-16/h1-10H,11-13H2/b8-5+. The monoisotopic (exact) mass is 296 g/mol. The Hall–Kier alpha value is -2.75. The van der Waals surface area contributed by atoms with Crippen LogP contribution < -0.4 is 9.47 Å². The highest BCUT2D eigenvalue weighted by Crippen LogP contribution is 2.33. The lowest BCUT2D eigenvalue weighted by atomic mass is 10.2. The molecular weight excluding hydrogens is 280 g/mol. The predicted molar refractivity (Wildman–Crippen MR) is 83.2 cm³/mol. The molecule has 22 heavy (non-hydrogen) atoms. The van der Waals surface area contributed by atoms with Crippen LogP contribution in [0.5, 0.6) is 11.5 Å². The summed E-state index contributed by atoms with van der Waals surface area (Å²) in [5.74, 6) is 0.631. The van der Waals surface area contributed by atoms with Gasteiger partial charge in [-0.25, -0.2) is 4.79 Å². The fraction of sp³-hybridized carbons (Fsp3) is 0.167. The molecule has 0 aliphatic carbocycles. The average Bonchev–Trinajstić information content (AvgIpc) is 2.59. The van der Waals surface area contributed by atoms with Gasteiger partial charge < -0.3 is 14.2 Å². The van der Waals surface area contributed by atoms with Crippen molar-refractivity contribution in [3.63, 3.8) is 0 Å². The molecule has 0 saturated carbocycles. The largest absolute Gasteiger partial charge is 0.486 e. The highest BCUT2D eigenvalue weighted by atomic mass is 16.6. The molecule has 4 heteroatoms. The fourth-order valence-corrected chi connectivity index (χ4v) is 2.18. The van der Waals surface area contributed by atoms with Crippen LogP contribution in [0.3, 0.4) is 0 Å². The van der Waals surface area contributed by atoms with Crippen LogP contribution in [0.15, 0.2) is 54.6 Å². The number of fused-ring (bicyclic) bond motifs is 1. The maximum Gasteiger partial charge on any atom is 0.342 e. The molecule has 0 fully saturated rings. The third-order valence-corrected chi connectivity index (χ3v) is 3.21. The molecule has 1 aliphatic heterocycles. The Morgan fingerprint density at radius 2 is 1.86 bits per heavy atom. The van der Waals surface area contributed by atoms with Crippen molar-refractivity contribution in [3.8, 4) is 11.5 Å². The topological polar surface area (TPSA) is 44.8 Å². The second-order valence-corrected chi connectivity index (χ2v) is 4.74. The Bertz CT molecular complexity index is 677. The molecule has 1 heterocycles. The molecule has 0 bridgehead atoms. The molecule has 0 saturated heterocycles. The van der Waals surface area contributed by atoms with Gasteiger partial charge in [0.15, 0.2) is 11.5 Å². The number of carbonyl (C=O) groups is 1. The number of carbonyl (C=O) groups excluding carboxylic acids is 1. The lowest BCUT2D eigenvalue weighted by molar-refractivity contribution is 0.0540. The van der Waals surface area contributed by atoms with Gasteiger partial charge in [0, 0.05) is 0 Å². The van der Waals surface area contributed by atoms with E-state index in [2.05, 4.69) is 0 Å². The third-order valence-electron chi connectivity index (χ3n) is 3.21. The first-order chi connectivity index (χ1) is 10.8. The molecule has 112 valence electrons. The van der Waals surface area contributed by atoms with Gasteiger partial charge in [-0.2, -0.15) is 0 Å². The molecule has 0 spiro atoms. The highest BCUT2D eigenvalue weighted by molar-refractivity contribution is 5.93. The quantitative estimate of drug-likeness (QED) is 0.812. The fourth-order valence-electron chi connectivity index (χ4n) is 2.18. The summed E-state index contributed by atoms with van der Waals surface area (Å²) in [6.07, 6.45) is 3.72. The number of rotatable bonds is 4. The SMILES string of the molecule is O=C(OC/C=C/c1ccccc1)c1cccc2c1OCCO2. The summed E-state index contributed by atoms with van der Waals surface area (Å²) < 4.78 is 16.2. The van der Waals surface area contributed by atoms with E-state index in [9.17, 15) is 4.79 Å². The Kier molecular flexibility index (Phi) is 4.39. The van der Waals surface area contributed by atoms with Gasteiger partial charge >= 0.3 is 5.97 Å². The van der Waals surface area contributed by atoms with Crippen LogP contribution in [-0.4, -0.2) is 25.8 Å². The minimum atomic E-state index is -0.417. The molecule has 0 atom stereocenters. The van der Waals surface area contributed by atoms with E-state index >= 15 is 0 Å². The average molecular weight is 296 g/mol. The maximum atomic E-state index is 12.1. The van der Waals surface area contributed by atoms with E-state index in [0.29, 0.717) is 30.3 Å². The van der Waals surface area contributed by atoms with Crippen LogP contribution in [0.2, 0.25) is 0 Å². The zero-order valence-corrected chi connectivity index (χ0v) is 12.0. The second kappa shape index (κ2) is 6.80. The summed E-state index contributed by atoms with van der Waals surface area (Å²) in [7, 11) is 0. The smallest absolute Gasteiger partial charge is 0.342 e. The van der Waals surface area contributed by atoms with Crippen LogP contribution in [0, 0.1) is 0 Å². The Morgan fingerprint density at radius 1 is 1.05 bits per heavy atom. The lowest BCUT2D eigenvalue weighted by Crippen LogP contribution is -2.18. The van der Waals surface area contributed by atoms with E-state index in [1.165, 1.54) is 0 Å². The summed E-state index contributed by atoms with van der Waals surface area (Å²) in [6.45, 7) is 1.13. The summed E-state index contributed by atoms with van der Waals surface area (Å²) >= 11 is 0. The molecule has 0 N–H and O–H groups in total. The maximum absolute atomic E-state index is 12.1. The van der Waals surface area contributed by atoms with E-state index in [1.807, 2.05) is 36.4 Å². The first kappa shape index (κ1) is 14.2. The third kappa shape index (κ3) is 3.28. The number of para-hydroxylation sites is 1. The van der Waals surface area contributed by atoms with Crippen molar-refractivity contribution in [2.24, 2.45) is 0 Å². The lowest BCUT2D eigenvalue weighted by Gasteiger charge is -2.20. The van der Waals surface area contributed by atoms with Crippen LogP contribution in [0.4, 0.5) is 0 Å². The molecule has 1 aliphatic rings. The van der Waals surface area contributed by atoms with Crippen LogP contribution >= 0.6 is 0 Å². The normalized spacial score (nSPS) is 13.1. The van der Waals surface area contributed by atoms with Crippen molar-refractivity contribution in [1.29, 1.82) is 0 Å². The Morgan fingerprint density at radius 3 is 2.73 bits per heavy atom. The minimum absolute atomic E-state index is 0.207. The molecule has 2 aromatic rings. The van der Waals surface area contributed by atoms with Crippen LogP contribution in [0.25, 0.3) is 6.08 Å². The van der Waals surface area contributed by atoms with Crippen molar-refractivity contribution in [2.45, 2.75) is 0 Å². The number of esters is 1. The molecule has 0 aromatic heterocycles.